The summed E-state index contributed by atoms with van der Waals surface area (Å²) in [4.78, 5) is 10.2. The molecule has 0 bridgehead atoms. The van der Waals surface area contributed by atoms with Crippen molar-refractivity contribution in [3.05, 3.63) is 0 Å². The number of hydrogen-bond donors (Lipinski definition) is 1. The second kappa shape index (κ2) is 1.71. The van der Waals surface area contributed by atoms with E-state index in [0.29, 0.717) is 13.0 Å². The lowest BCUT2D eigenvalue weighted by atomic mass is 9.97. The molecular formula is C5H5NO3. The van der Waals surface area contributed by atoms with Crippen LogP contribution in [0.1, 0.15) is 6.42 Å². The Labute approximate surface area is 51.7 Å². The van der Waals surface area contributed by atoms with Gasteiger partial charge in [-0.15, -0.1) is 0 Å². The van der Waals surface area contributed by atoms with Gasteiger partial charge < -0.3 is 9.84 Å². The van der Waals surface area contributed by atoms with Gasteiger partial charge in [-0.3, -0.25) is 0 Å². The first-order valence-corrected chi connectivity index (χ1v) is 2.50. The molecule has 0 amide bonds. The Balaban J connectivity index is 2.71. The van der Waals surface area contributed by atoms with Crippen LogP contribution in [0.25, 0.3) is 0 Å². The molecule has 4 heteroatoms. The molecule has 1 N–H and O–H groups in total. The summed E-state index contributed by atoms with van der Waals surface area (Å²) in [5.41, 5.74) is -1.51. The van der Waals surface area contributed by atoms with Gasteiger partial charge >= 0.3 is 5.97 Å². The second-order valence-electron chi connectivity index (χ2n) is 1.84. The smallest absolute Gasteiger partial charge is 0.351 e. The SMILES string of the molecule is N#C[C@]1(C(=O)O)CCO1. The Morgan fingerprint density at radius 1 is 1.89 bits per heavy atom. The first kappa shape index (κ1) is 6.05. The average Bonchev–Trinajstić information content (AvgIpc) is 1.62. The molecule has 1 saturated heterocycles. The first-order chi connectivity index (χ1) is 4.21. The fourth-order valence-electron chi connectivity index (χ4n) is 0.611. The zero-order valence-electron chi connectivity index (χ0n) is 4.63. The molecule has 1 aliphatic rings. The van der Waals surface area contributed by atoms with Gasteiger partial charge in [-0.1, -0.05) is 0 Å². The maximum atomic E-state index is 10.2. The number of aliphatic carboxylic acids is 1. The van der Waals surface area contributed by atoms with Gasteiger partial charge in [0.15, 0.2) is 0 Å². The van der Waals surface area contributed by atoms with Crippen molar-refractivity contribution in [3.63, 3.8) is 0 Å². The third kappa shape index (κ3) is 0.661. The van der Waals surface area contributed by atoms with Crippen LogP contribution in [0.15, 0.2) is 0 Å². The van der Waals surface area contributed by atoms with Crippen LogP contribution < -0.4 is 0 Å². The molecule has 1 atom stereocenters. The number of ether oxygens (including phenoxy) is 1. The number of carbonyl (C=O) groups is 1. The van der Waals surface area contributed by atoms with Crippen LogP contribution in [0.4, 0.5) is 0 Å². The van der Waals surface area contributed by atoms with E-state index in [1.807, 2.05) is 0 Å². The first-order valence-electron chi connectivity index (χ1n) is 2.50. The largest absolute Gasteiger partial charge is 0.478 e. The maximum absolute atomic E-state index is 10.2. The van der Waals surface area contributed by atoms with Crippen molar-refractivity contribution in [2.24, 2.45) is 0 Å². The highest BCUT2D eigenvalue weighted by molar-refractivity contribution is 5.82. The van der Waals surface area contributed by atoms with Gasteiger partial charge in [-0.2, -0.15) is 5.26 Å². The number of nitriles is 1. The highest BCUT2D eigenvalue weighted by Crippen LogP contribution is 2.25. The molecule has 0 aromatic rings. The topological polar surface area (TPSA) is 70.3 Å². The van der Waals surface area contributed by atoms with Crippen LogP contribution in [0.2, 0.25) is 0 Å². The zero-order chi connectivity index (χ0) is 6.91. The molecule has 0 aromatic heterocycles. The molecular weight excluding hydrogens is 122 g/mol. The molecule has 0 radical (unpaired) electrons. The van der Waals surface area contributed by atoms with Crippen LogP contribution in [-0.2, 0) is 9.53 Å². The lowest BCUT2D eigenvalue weighted by molar-refractivity contribution is -0.178. The fourth-order valence-corrected chi connectivity index (χ4v) is 0.611. The summed E-state index contributed by atoms with van der Waals surface area (Å²) in [6, 6.07) is 1.59. The van der Waals surface area contributed by atoms with Crippen molar-refractivity contribution >= 4 is 5.97 Å². The number of rotatable bonds is 1. The van der Waals surface area contributed by atoms with Crippen molar-refractivity contribution in [1.29, 1.82) is 5.26 Å². The van der Waals surface area contributed by atoms with Gasteiger partial charge in [-0.25, -0.2) is 4.79 Å². The molecule has 1 fully saturated rings. The van der Waals surface area contributed by atoms with Crippen molar-refractivity contribution in [2.75, 3.05) is 6.61 Å². The van der Waals surface area contributed by atoms with Crippen LogP contribution in [-0.4, -0.2) is 23.3 Å². The molecule has 1 aliphatic heterocycles. The molecule has 0 aromatic carbocycles. The van der Waals surface area contributed by atoms with Gasteiger partial charge in [0.25, 0.3) is 5.60 Å². The van der Waals surface area contributed by atoms with Crippen LogP contribution in [0.3, 0.4) is 0 Å². The Kier molecular flexibility index (Phi) is 1.15. The fraction of sp³-hybridized carbons (Fsp3) is 0.600. The normalized spacial score (nSPS) is 32.3. The standard InChI is InChI=1S/C5H5NO3/c6-3-5(4(7)8)1-2-9-5/h1-2H2,(H,7,8)/t5-/m0/s1. The van der Waals surface area contributed by atoms with Crippen LogP contribution >= 0.6 is 0 Å². The highest BCUT2D eigenvalue weighted by Gasteiger charge is 2.46. The van der Waals surface area contributed by atoms with E-state index < -0.39 is 11.6 Å². The predicted molar refractivity (Wildman–Crippen MR) is 26.5 cm³/mol. The van der Waals surface area contributed by atoms with Crippen molar-refractivity contribution < 1.29 is 14.6 Å². The van der Waals surface area contributed by atoms with Crippen molar-refractivity contribution in [2.45, 2.75) is 12.0 Å². The average molecular weight is 127 g/mol. The van der Waals surface area contributed by atoms with E-state index in [1.165, 1.54) is 0 Å². The van der Waals surface area contributed by atoms with E-state index in [-0.39, 0.29) is 0 Å². The van der Waals surface area contributed by atoms with E-state index in [0.717, 1.165) is 0 Å². The highest BCUT2D eigenvalue weighted by atomic mass is 16.5. The minimum atomic E-state index is -1.51. The summed E-state index contributed by atoms with van der Waals surface area (Å²) in [5, 5.41) is 16.6. The monoisotopic (exact) mass is 127 g/mol. The minimum Gasteiger partial charge on any atom is -0.478 e. The molecule has 0 unspecified atom stereocenters. The Bertz CT molecular complexity index is 177. The van der Waals surface area contributed by atoms with E-state index in [1.54, 1.807) is 6.07 Å². The zero-order valence-corrected chi connectivity index (χ0v) is 4.63. The summed E-state index contributed by atoms with van der Waals surface area (Å²) in [5.74, 6) is -1.18. The lowest BCUT2D eigenvalue weighted by Gasteiger charge is -2.30. The Morgan fingerprint density at radius 3 is 2.44 bits per heavy atom. The number of hydrogen-bond acceptors (Lipinski definition) is 3. The maximum Gasteiger partial charge on any atom is 0.351 e. The molecule has 9 heavy (non-hydrogen) atoms. The summed E-state index contributed by atoms with van der Waals surface area (Å²) < 4.78 is 4.57. The molecule has 0 aliphatic carbocycles. The second-order valence-corrected chi connectivity index (χ2v) is 1.84. The molecule has 0 spiro atoms. The Hall–Kier alpha value is -1.08. The molecule has 4 nitrogen and oxygen atoms in total. The summed E-state index contributed by atoms with van der Waals surface area (Å²) in [6.45, 7) is 0.375. The lowest BCUT2D eigenvalue weighted by Crippen LogP contribution is -2.49. The summed E-state index contributed by atoms with van der Waals surface area (Å²) in [6.07, 6.45) is 0.304. The third-order valence-corrected chi connectivity index (χ3v) is 1.33. The number of nitrogens with zero attached hydrogens (tertiary/aromatic N) is 1. The van der Waals surface area contributed by atoms with Crippen molar-refractivity contribution in [1.82, 2.24) is 0 Å². The molecule has 48 valence electrons. The number of carboxylic acid groups (broad SMARTS) is 1. The predicted octanol–water partition coefficient (Wildman–Crippen LogP) is -0.246. The van der Waals surface area contributed by atoms with Crippen LogP contribution in [0.5, 0.6) is 0 Å². The molecule has 1 rings (SSSR count). The van der Waals surface area contributed by atoms with E-state index in [4.69, 9.17) is 10.4 Å². The number of carboxylic acids is 1. The minimum absolute atomic E-state index is 0.304. The summed E-state index contributed by atoms with van der Waals surface area (Å²) >= 11 is 0. The van der Waals surface area contributed by atoms with E-state index in [9.17, 15) is 4.79 Å². The van der Waals surface area contributed by atoms with E-state index >= 15 is 0 Å². The van der Waals surface area contributed by atoms with E-state index in [2.05, 4.69) is 4.74 Å². The van der Waals surface area contributed by atoms with Gasteiger partial charge in [0, 0.05) is 6.42 Å². The van der Waals surface area contributed by atoms with Crippen LogP contribution in [0, 0.1) is 11.3 Å². The quantitative estimate of drug-likeness (QED) is 0.527. The van der Waals surface area contributed by atoms with Crippen molar-refractivity contribution in [3.8, 4) is 6.07 Å². The summed E-state index contributed by atoms with van der Waals surface area (Å²) in [7, 11) is 0. The Morgan fingerprint density at radius 2 is 2.44 bits per heavy atom. The molecule has 1 heterocycles. The molecule has 0 saturated carbocycles. The van der Waals surface area contributed by atoms with Gasteiger partial charge in [0.2, 0.25) is 0 Å². The van der Waals surface area contributed by atoms with Gasteiger partial charge in [-0.05, 0) is 0 Å². The van der Waals surface area contributed by atoms with Gasteiger partial charge in [0.1, 0.15) is 6.07 Å². The van der Waals surface area contributed by atoms with Gasteiger partial charge in [0.05, 0.1) is 6.61 Å². The third-order valence-electron chi connectivity index (χ3n) is 1.33.